The van der Waals surface area contributed by atoms with Crippen LogP contribution in [0.3, 0.4) is 0 Å². The first-order valence-corrected chi connectivity index (χ1v) is 7.67. The summed E-state index contributed by atoms with van der Waals surface area (Å²) in [6, 6.07) is 6.65. The molecule has 1 aromatic heterocycles. The van der Waals surface area contributed by atoms with Crippen LogP contribution in [0.4, 0.5) is 24.7 Å². The maximum Gasteiger partial charge on any atom is 0.421 e. The fourth-order valence-corrected chi connectivity index (χ4v) is 2.14. The normalized spacial score (nSPS) is 11.5. The van der Waals surface area contributed by atoms with Crippen molar-refractivity contribution in [2.45, 2.75) is 20.0 Å². The van der Waals surface area contributed by atoms with E-state index in [9.17, 15) is 13.2 Å². The summed E-state index contributed by atoms with van der Waals surface area (Å²) in [4.78, 5) is 8.98. The second kappa shape index (κ2) is 7.58. The fourth-order valence-electron chi connectivity index (χ4n) is 2.14. The highest BCUT2D eigenvalue weighted by atomic mass is 19.4. The van der Waals surface area contributed by atoms with Crippen LogP contribution >= 0.6 is 0 Å². The lowest BCUT2D eigenvalue weighted by molar-refractivity contribution is -0.137. The molecular weight excluding hydrogens is 335 g/mol. The second-order valence-corrected chi connectivity index (χ2v) is 5.82. The van der Waals surface area contributed by atoms with E-state index in [0.717, 1.165) is 6.20 Å². The number of benzene rings is 1. The van der Waals surface area contributed by atoms with Gasteiger partial charge in [-0.15, -0.1) is 0 Å². The Kier molecular flexibility index (Phi) is 5.71. The van der Waals surface area contributed by atoms with Crippen LogP contribution in [0.25, 0.3) is 0 Å². The largest absolute Gasteiger partial charge is 0.495 e. The Bertz CT molecular complexity index is 721. The number of rotatable bonds is 6. The Labute approximate surface area is 144 Å². The molecule has 0 bridgehead atoms. The third-order valence-corrected chi connectivity index (χ3v) is 3.36. The molecule has 0 aliphatic carbocycles. The summed E-state index contributed by atoms with van der Waals surface area (Å²) in [5, 5.41) is 0. The molecule has 0 radical (unpaired) electrons. The Morgan fingerprint density at radius 1 is 1.20 bits per heavy atom. The minimum Gasteiger partial charge on any atom is -0.495 e. The van der Waals surface area contributed by atoms with Gasteiger partial charge in [0, 0.05) is 13.2 Å². The predicted octanol–water partition coefficient (Wildman–Crippen LogP) is 4.31. The van der Waals surface area contributed by atoms with Gasteiger partial charge >= 0.3 is 12.2 Å². The second-order valence-electron chi connectivity index (χ2n) is 5.82. The standard InChI is InChI=1S/C17H20F3N3O2/c1-11(2)10-25-16-21-9-12(17(18,19)20)15(22-16)23(3)13-7-5-6-8-14(13)24-4/h5-9,11H,10H2,1-4H3. The third kappa shape index (κ3) is 4.52. The van der Waals surface area contributed by atoms with Crippen molar-refractivity contribution >= 4 is 11.5 Å². The van der Waals surface area contributed by atoms with Crippen molar-refractivity contribution in [1.82, 2.24) is 9.97 Å². The molecule has 0 aliphatic heterocycles. The van der Waals surface area contributed by atoms with Crippen LogP contribution in [-0.2, 0) is 6.18 Å². The van der Waals surface area contributed by atoms with Crippen LogP contribution in [0.15, 0.2) is 30.5 Å². The van der Waals surface area contributed by atoms with E-state index in [1.54, 1.807) is 24.3 Å². The minimum absolute atomic E-state index is 0.0987. The molecule has 8 heteroatoms. The van der Waals surface area contributed by atoms with Gasteiger partial charge in [-0.3, -0.25) is 0 Å². The van der Waals surface area contributed by atoms with E-state index in [1.807, 2.05) is 13.8 Å². The Balaban J connectivity index is 2.49. The molecule has 2 aromatic rings. The van der Waals surface area contributed by atoms with Gasteiger partial charge in [0.2, 0.25) is 0 Å². The summed E-state index contributed by atoms with van der Waals surface area (Å²) in [6.45, 7) is 4.15. The highest BCUT2D eigenvalue weighted by Gasteiger charge is 2.37. The summed E-state index contributed by atoms with van der Waals surface area (Å²) in [7, 11) is 2.94. The minimum atomic E-state index is -4.60. The molecule has 0 spiro atoms. The van der Waals surface area contributed by atoms with Crippen molar-refractivity contribution in [2.75, 3.05) is 25.7 Å². The lowest BCUT2D eigenvalue weighted by Crippen LogP contribution is -2.20. The first kappa shape index (κ1) is 18.8. The number of methoxy groups -OCH3 is 1. The van der Waals surface area contributed by atoms with E-state index in [4.69, 9.17) is 9.47 Å². The van der Waals surface area contributed by atoms with Crippen molar-refractivity contribution in [1.29, 1.82) is 0 Å². The van der Waals surface area contributed by atoms with Gasteiger partial charge in [0.15, 0.2) is 5.82 Å². The molecule has 1 heterocycles. The zero-order valence-electron chi connectivity index (χ0n) is 14.5. The number of hydrogen-bond donors (Lipinski definition) is 0. The van der Waals surface area contributed by atoms with E-state index in [-0.39, 0.29) is 17.7 Å². The predicted molar refractivity (Wildman–Crippen MR) is 88.4 cm³/mol. The van der Waals surface area contributed by atoms with Crippen molar-refractivity contribution in [3.8, 4) is 11.8 Å². The lowest BCUT2D eigenvalue weighted by Gasteiger charge is -2.24. The first-order valence-electron chi connectivity index (χ1n) is 7.67. The number of anilines is 2. The molecule has 0 saturated carbocycles. The van der Waals surface area contributed by atoms with Crippen molar-refractivity contribution in [2.24, 2.45) is 5.92 Å². The molecule has 0 aliphatic rings. The van der Waals surface area contributed by atoms with E-state index in [1.165, 1.54) is 19.1 Å². The highest BCUT2D eigenvalue weighted by Crippen LogP contribution is 2.39. The first-order chi connectivity index (χ1) is 11.7. The van der Waals surface area contributed by atoms with Crippen LogP contribution in [-0.4, -0.2) is 30.7 Å². The molecule has 0 unspecified atom stereocenters. The number of aromatic nitrogens is 2. The van der Waals surface area contributed by atoms with E-state index in [0.29, 0.717) is 18.0 Å². The molecule has 25 heavy (non-hydrogen) atoms. The quantitative estimate of drug-likeness (QED) is 0.773. The van der Waals surface area contributed by atoms with E-state index >= 15 is 0 Å². The molecular formula is C17H20F3N3O2. The Morgan fingerprint density at radius 3 is 2.48 bits per heavy atom. The summed E-state index contributed by atoms with van der Waals surface area (Å²) >= 11 is 0. The van der Waals surface area contributed by atoms with Gasteiger partial charge in [-0.05, 0) is 18.1 Å². The van der Waals surface area contributed by atoms with E-state index in [2.05, 4.69) is 9.97 Å². The topological polar surface area (TPSA) is 47.5 Å². The summed E-state index contributed by atoms with van der Waals surface area (Å²) in [6.07, 6.45) is -3.86. The SMILES string of the molecule is COc1ccccc1N(C)c1nc(OCC(C)C)ncc1C(F)(F)F. The van der Waals surface area contributed by atoms with Gasteiger partial charge in [-0.1, -0.05) is 26.0 Å². The van der Waals surface area contributed by atoms with Gasteiger partial charge in [-0.2, -0.15) is 18.2 Å². The molecule has 0 amide bonds. The number of nitrogens with zero attached hydrogens (tertiary/aromatic N) is 3. The van der Waals surface area contributed by atoms with Crippen molar-refractivity contribution in [3.63, 3.8) is 0 Å². The highest BCUT2D eigenvalue weighted by molar-refractivity contribution is 5.68. The number of halogens is 3. The summed E-state index contributed by atoms with van der Waals surface area (Å²) in [5.41, 5.74) is -0.498. The number of ether oxygens (including phenoxy) is 2. The number of para-hydroxylation sites is 2. The number of alkyl halides is 3. The third-order valence-electron chi connectivity index (χ3n) is 3.36. The lowest BCUT2D eigenvalue weighted by atomic mass is 10.2. The van der Waals surface area contributed by atoms with Crippen LogP contribution in [0.5, 0.6) is 11.8 Å². The van der Waals surface area contributed by atoms with Gasteiger partial charge in [0.05, 0.1) is 19.4 Å². The molecule has 5 nitrogen and oxygen atoms in total. The van der Waals surface area contributed by atoms with Crippen LogP contribution in [0.2, 0.25) is 0 Å². The molecule has 0 fully saturated rings. The molecule has 0 atom stereocenters. The summed E-state index contributed by atoms with van der Waals surface area (Å²) < 4.78 is 50.7. The molecule has 1 aromatic carbocycles. The average molecular weight is 355 g/mol. The van der Waals surface area contributed by atoms with Crippen LogP contribution in [0, 0.1) is 5.92 Å². The van der Waals surface area contributed by atoms with Gasteiger partial charge in [0.25, 0.3) is 0 Å². The molecule has 0 N–H and O–H groups in total. The van der Waals surface area contributed by atoms with E-state index < -0.39 is 11.7 Å². The fraction of sp³-hybridized carbons (Fsp3) is 0.412. The smallest absolute Gasteiger partial charge is 0.421 e. The maximum atomic E-state index is 13.4. The van der Waals surface area contributed by atoms with Crippen LogP contribution < -0.4 is 14.4 Å². The van der Waals surface area contributed by atoms with Crippen molar-refractivity contribution < 1.29 is 22.6 Å². The molecule has 2 rings (SSSR count). The molecule has 0 saturated heterocycles. The number of hydrogen-bond acceptors (Lipinski definition) is 5. The van der Waals surface area contributed by atoms with Crippen LogP contribution in [0.1, 0.15) is 19.4 Å². The Morgan fingerprint density at radius 2 is 1.88 bits per heavy atom. The van der Waals surface area contributed by atoms with Gasteiger partial charge < -0.3 is 14.4 Å². The Hall–Kier alpha value is -2.51. The van der Waals surface area contributed by atoms with Gasteiger partial charge in [-0.25, -0.2) is 4.98 Å². The summed E-state index contributed by atoms with van der Waals surface area (Å²) in [5.74, 6) is 0.327. The zero-order chi connectivity index (χ0) is 18.6. The average Bonchev–Trinajstić information content (AvgIpc) is 2.58. The molecule has 136 valence electrons. The zero-order valence-corrected chi connectivity index (χ0v) is 14.5. The monoisotopic (exact) mass is 355 g/mol. The maximum absolute atomic E-state index is 13.4. The van der Waals surface area contributed by atoms with Crippen molar-refractivity contribution in [3.05, 3.63) is 36.0 Å². The van der Waals surface area contributed by atoms with Gasteiger partial charge in [0.1, 0.15) is 11.3 Å².